The minimum absolute atomic E-state index is 0.385. The third-order valence-corrected chi connectivity index (χ3v) is 3.64. The summed E-state index contributed by atoms with van der Waals surface area (Å²) in [5, 5.41) is 3.60. The molecule has 3 atom stereocenters. The van der Waals surface area contributed by atoms with Crippen LogP contribution in [0.1, 0.15) is 38.3 Å². The minimum Gasteiger partial charge on any atom is -0.378 e. The number of hydrogen-bond acceptors (Lipinski definition) is 3. The second kappa shape index (κ2) is 6.12. The summed E-state index contributed by atoms with van der Waals surface area (Å²) in [6.07, 6.45) is 6.46. The number of aromatic nitrogens is 1. The van der Waals surface area contributed by atoms with Gasteiger partial charge in [-0.2, -0.15) is 0 Å². The van der Waals surface area contributed by atoms with Crippen molar-refractivity contribution in [1.82, 2.24) is 10.3 Å². The zero-order valence-corrected chi connectivity index (χ0v) is 10.7. The van der Waals surface area contributed by atoms with E-state index >= 15 is 0 Å². The summed E-state index contributed by atoms with van der Waals surface area (Å²) in [6, 6.07) is 4.52. The van der Waals surface area contributed by atoms with Crippen LogP contribution in [0.5, 0.6) is 0 Å². The molecule has 1 aromatic heterocycles. The van der Waals surface area contributed by atoms with E-state index in [9.17, 15) is 0 Å². The van der Waals surface area contributed by atoms with Crippen LogP contribution < -0.4 is 5.32 Å². The lowest BCUT2D eigenvalue weighted by atomic mass is 9.99. The van der Waals surface area contributed by atoms with Crippen LogP contribution in [-0.4, -0.2) is 24.2 Å². The first-order chi connectivity index (χ1) is 8.31. The average Bonchev–Trinajstić information content (AvgIpc) is 2.84. The number of nitrogens with zero attached hydrogens (tertiary/aromatic N) is 1. The maximum Gasteiger partial charge on any atom is 0.0613 e. The number of hydrogen-bond donors (Lipinski definition) is 1. The third kappa shape index (κ3) is 3.27. The van der Waals surface area contributed by atoms with Crippen LogP contribution in [0.3, 0.4) is 0 Å². The van der Waals surface area contributed by atoms with Gasteiger partial charge in [0.1, 0.15) is 0 Å². The largest absolute Gasteiger partial charge is 0.378 e. The molecule has 0 aliphatic carbocycles. The van der Waals surface area contributed by atoms with Gasteiger partial charge in [-0.05, 0) is 43.4 Å². The Morgan fingerprint density at radius 2 is 2.24 bits per heavy atom. The molecule has 3 nitrogen and oxygen atoms in total. The summed E-state index contributed by atoms with van der Waals surface area (Å²) in [5.74, 6) is 0.671. The summed E-state index contributed by atoms with van der Waals surface area (Å²) < 4.78 is 5.70. The number of pyridine rings is 1. The van der Waals surface area contributed by atoms with Gasteiger partial charge in [-0.3, -0.25) is 4.98 Å². The molecular weight excluding hydrogens is 212 g/mol. The van der Waals surface area contributed by atoms with Gasteiger partial charge in [0.2, 0.25) is 0 Å². The first-order valence-electron chi connectivity index (χ1n) is 6.56. The van der Waals surface area contributed by atoms with E-state index < -0.39 is 0 Å². The number of nitrogens with one attached hydrogen (secondary N) is 1. The lowest BCUT2D eigenvalue weighted by molar-refractivity contribution is 0.0867. The molecule has 1 aliphatic heterocycles. The Bertz CT molecular complexity index is 328. The third-order valence-electron chi connectivity index (χ3n) is 3.64. The molecule has 94 valence electrons. The zero-order valence-electron chi connectivity index (χ0n) is 10.7. The molecule has 2 heterocycles. The summed E-state index contributed by atoms with van der Waals surface area (Å²) in [7, 11) is 0. The molecule has 0 spiro atoms. The highest BCUT2D eigenvalue weighted by atomic mass is 16.5. The SMILES string of the molecule is CCC1OCCC1CNC(C)c1ccncc1. The lowest BCUT2D eigenvalue weighted by Crippen LogP contribution is -2.30. The molecular formula is C14H22N2O. The first kappa shape index (κ1) is 12.5. The smallest absolute Gasteiger partial charge is 0.0613 e. The molecule has 0 saturated carbocycles. The highest BCUT2D eigenvalue weighted by Gasteiger charge is 2.26. The number of ether oxygens (including phenoxy) is 1. The quantitative estimate of drug-likeness (QED) is 0.850. The normalized spacial score (nSPS) is 26.0. The van der Waals surface area contributed by atoms with Crippen LogP contribution in [0.2, 0.25) is 0 Å². The predicted octanol–water partition coefficient (Wildman–Crippen LogP) is 2.55. The van der Waals surface area contributed by atoms with Gasteiger partial charge in [0.05, 0.1) is 6.10 Å². The highest BCUT2D eigenvalue weighted by Crippen LogP contribution is 2.23. The minimum atomic E-state index is 0.385. The highest BCUT2D eigenvalue weighted by molar-refractivity contribution is 5.13. The fourth-order valence-corrected chi connectivity index (χ4v) is 2.48. The van der Waals surface area contributed by atoms with Gasteiger partial charge in [0.15, 0.2) is 0 Å². The fraction of sp³-hybridized carbons (Fsp3) is 0.643. The van der Waals surface area contributed by atoms with E-state index in [1.807, 2.05) is 12.4 Å². The van der Waals surface area contributed by atoms with Crippen molar-refractivity contribution in [1.29, 1.82) is 0 Å². The molecule has 2 rings (SSSR count). The summed E-state index contributed by atoms with van der Waals surface area (Å²) in [5.41, 5.74) is 1.30. The Hall–Kier alpha value is -0.930. The summed E-state index contributed by atoms with van der Waals surface area (Å²) in [6.45, 7) is 6.37. The molecule has 0 bridgehead atoms. The van der Waals surface area contributed by atoms with Crippen LogP contribution >= 0.6 is 0 Å². The van der Waals surface area contributed by atoms with Crippen molar-refractivity contribution in [2.75, 3.05) is 13.2 Å². The monoisotopic (exact) mass is 234 g/mol. The number of rotatable bonds is 5. The Balaban J connectivity index is 1.82. The Kier molecular flexibility index (Phi) is 4.51. The van der Waals surface area contributed by atoms with E-state index in [0.717, 1.165) is 19.6 Å². The van der Waals surface area contributed by atoms with E-state index in [1.165, 1.54) is 12.0 Å². The van der Waals surface area contributed by atoms with Crippen LogP contribution in [0.4, 0.5) is 0 Å². The predicted molar refractivity (Wildman–Crippen MR) is 68.8 cm³/mol. The summed E-state index contributed by atoms with van der Waals surface area (Å²) in [4.78, 5) is 4.04. The second-order valence-electron chi connectivity index (χ2n) is 4.78. The average molecular weight is 234 g/mol. The van der Waals surface area contributed by atoms with Crippen molar-refractivity contribution in [3.63, 3.8) is 0 Å². The Morgan fingerprint density at radius 3 is 2.94 bits per heavy atom. The van der Waals surface area contributed by atoms with E-state index in [4.69, 9.17) is 4.74 Å². The van der Waals surface area contributed by atoms with Gasteiger partial charge >= 0.3 is 0 Å². The van der Waals surface area contributed by atoms with Gasteiger partial charge in [-0.15, -0.1) is 0 Å². The standard InChI is InChI=1S/C14H22N2O/c1-3-14-13(6-9-17-14)10-16-11(2)12-4-7-15-8-5-12/h4-5,7-8,11,13-14,16H,3,6,9-10H2,1-2H3. The second-order valence-corrected chi connectivity index (χ2v) is 4.78. The molecule has 17 heavy (non-hydrogen) atoms. The van der Waals surface area contributed by atoms with E-state index in [1.54, 1.807) is 0 Å². The molecule has 0 radical (unpaired) electrons. The van der Waals surface area contributed by atoms with Crippen molar-refractivity contribution in [3.05, 3.63) is 30.1 Å². The van der Waals surface area contributed by atoms with E-state index in [-0.39, 0.29) is 0 Å². The molecule has 3 heteroatoms. The van der Waals surface area contributed by atoms with Gasteiger partial charge in [0, 0.05) is 31.6 Å². The molecule has 1 fully saturated rings. The molecule has 3 unspecified atom stereocenters. The molecule has 1 saturated heterocycles. The van der Waals surface area contributed by atoms with Gasteiger partial charge in [0.25, 0.3) is 0 Å². The first-order valence-corrected chi connectivity index (χ1v) is 6.56. The van der Waals surface area contributed by atoms with E-state index in [2.05, 4.69) is 36.3 Å². The zero-order chi connectivity index (χ0) is 12.1. The molecule has 1 aliphatic rings. The van der Waals surface area contributed by atoms with Crippen molar-refractivity contribution < 1.29 is 4.74 Å². The maximum atomic E-state index is 5.70. The van der Waals surface area contributed by atoms with Crippen LogP contribution in [-0.2, 0) is 4.74 Å². The molecule has 0 aromatic carbocycles. The van der Waals surface area contributed by atoms with E-state index in [0.29, 0.717) is 18.1 Å². The Morgan fingerprint density at radius 1 is 1.47 bits per heavy atom. The van der Waals surface area contributed by atoms with Crippen molar-refractivity contribution in [2.24, 2.45) is 5.92 Å². The van der Waals surface area contributed by atoms with Gasteiger partial charge in [-0.25, -0.2) is 0 Å². The van der Waals surface area contributed by atoms with Crippen LogP contribution in [0, 0.1) is 5.92 Å². The molecule has 0 amide bonds. The van der Waals surface area contributed by atoms with Gasteiger partial charge in [-0.1, -0.05) is 6.92 Å². The van der Waals surface area contributed by atoms with Crippen molar-refractivity contribution in [3.8, 4) is 0 Å². The Labute approximate surface area is 104 Å². The maximum absolute atomic E-state index is 5.70. The lowest BCUT2D eigenvalue weighted by Gasteiger charge is -2.20. The van der Waals surface area contributed by atoms with Crippen LogP contribution in [0.25, 0.3) is 0 Å². The van der Waals surface area contributed by atoms with Gasteiger partial charge < -0.3 is 10.1 Å². The molecule has 1 aromatic rings. The summed E-state index contributed by atoms with van der Waals surface area (Å²) >= 11 is 0. The van der Waals surface area contributed by atoms with Crippen molar-refractivity contribution in [2.45, 2.75) is 38.8 Å². The van der Waals surface area contributed by atoms with Crippen molar-refractivity contribution >= 4 is 0 Å². The fourth-order valence-electron chi connectivity index (χ4n) is 2.48. The van der Waals surface area contributed by atoms with Crippen LogP contribution in [0.15, 0.2) is 24.5 Å². The topological polar surface area (TPSA) is 34.1 Å². The molecule has 1 N–H and O–H groups in total.